The van der Waals surface area contributed by atoms with Crippen LogP contribution in [0.3, 0.4) is 0 Å². The van der Waals surface area contributed by atoms with E-state index in [4.69, 9.17) is 4.52 Å². The minimum absolute atomic E-state index is 0.00641. The molecule has 0 bridgehead atoms. The molecular formula is C20H32N4O3. The molecule has 7 nitrogen and oxygen atoms in total. The molecule has 3 heterocycles. The van der Waals surface area contributed by atoms with Gasteiger partial charge in [0.15, 0.2) is 5.76 Å². The van der Waals surface area contributed by atoms with Crippen LogP contribution >= 0.6 is 0 Å². The van der Waals surface area contributed by atoms with Crippen molar-refractivity contribution in [2.24, 2.45) is 0 Å². The van der Waals surface area contributed by atoms with Gasteiger partial charge >= 0.3 is 0 Å². The molecule has 1 aromatic heterocycles. The Balaban J connectivity index is 1.55. The molecule has 0 aliphatic carbocycles. The number of carbonyl (C=O) groups excluding carboxylic acids is 2. The predicted molar refractivity (Wildman–Crippen MR) is 103 cm³/mol. The highest BCUT2D eigenvalue weighted by molar-refractivity contribution is 5.96. The van der Waals surface area contributed by atoms with Crippen molar-refractivity contribution in [3.63, 3.8) is 0 Å². The van der Waals surface area contributed by atoms with Crippen molar-refractivity contribution >= 4 is 11.8 Å². The fraction of sp³-hybridized carbons (Fsp3) is 0.750. The molecule has 1 aromatic rings. The second-order valence-electron chi connectivity index (χ2n) is 8.16. The van der Waals surface area contributed by atoms with Gasteiger partial charge in [0.05, 0.1) is 12.2 Å². The molecule has 3 rings (SSSR count). The molecule has 2 fully saturated rings. The van der Waals surface area contributed by atoms with Gasteiger partial charge in [-0.2, -0.15) is 0 Å². The Morgan fingerprint density at radius 3 is 2.48 bits per heavy atom. The van der Waals surface area contributed by atoms with Gasteiger partial charge in [-0.25, -0.2) is 0 Å². The lowest BCUT2D eigenvalue weighted by Gasteiger charge is -2.38. The first-order valence-corrected chi connectivity index (χ1v) is 10.2. The van der Waals surface area contributed by atoms with E-state index in [9.17, 15) is 9.59 Å². The van der Waals surface area contributed by atoms with E-state index in [1.807, 2.05) is 30.6 Å². The molecule has 7 heteroatoms. The Labute approximate surface area is 161 Å². The molecule has 0 N–H and O–H groups in total. The molecule has 1 unspecified atom stereocenters. The van der Waals surface area contributed by atoms with Crippen LogP contribution < -0.4 is 0 Å². The van der Waals surface area contributed by atoms with Crippen LogP contribution in [0.1, 0.15) is 67.8 Å². The van der Waals surface area contributed by atoms with E-state index >= 15 is 0 Å². The summed E-state index contributed by atoms with van der Waals surface area (Å²) in [7, 11) is 0. The molecule has 150 valence electrons. The SMILES string of the molecule is Cc1noc(C(C)C)c1C(=O)N1CCN(CC(=O)N2CCCCC2C)CC1. The second kappa shape index (κ2) is 8.42. The van der Waals surface area contributed by atoms with Crippen molar-refractivity contribution in [1.82, 2.24) is 19.9 Å². The maximum atomic E-state index is 13.0. The van der Waals surface area contributed by atoms with Gasteiger partial charge in [0.1, 0.15) is 5.56 Å². The molecule has 27 heavy (non-hydrogen) atoms. The van der Waals surface area contributed by atoms with Crippen LogP contribution in [-0.2, 0) is 4.79 Å². The Hall–Kier alpha value is -1.89. The summed E-state index contributed by atoms with van der Waals surface area (Å²) in [6.45, 7) is 12.0. The number of carbonyl (C=O) groups is 2. The van der Waals surface area contributed by atoms with E-state index in [1.165, 1.54) is 6.42 Å². The molecule has 2 saturated heterocycles. The molecule has 0 spiro atoms. The molecule has 0 saturated carbocycles. The Kier molecular flexibility index (Phi) is 6.19. The number of aryl methyl sites for hydroxylation is 1. The second-order valence-corrected chi connectivity index (χ2v) is 8.16. The van der Waals surface area contributed by atoms with Gasteiger partial charge in [-0.15, -0.1) is 0 Å². The third-order valence-corrected chi connectivity index (χ3v) is 5.77. The Morgan fingerprint density at radius 2 is 1.85 bits per heavy atom. The van der Waals surface area contributed by atoms with Crippen molar-refractivity contribution < 1.29 is 14.1 Å². The van der Waals surface area contributed by atoms with E-state index in [2.05, 4.69) is 17.0 Å². The van der Waals surface area contributed by atoms with Crippen LogP contribution in [0.25, 0.3) is 0 Å². The van der Waals surface area contributed by atoms with E-state index in [1.54, 1.807) is 0 Å². The highest BCUT2D eigenvalue weighted by atomic mass is 16.5. The van der Waals surface area contributed by atoms with Crippen LogP contribution in [0, 0.1) is 6.92 Å². The van der Waals surface area contributed by atoms with Crippen LogP contribution in [0.4, 0.5) is 0 Å². The van der Waals surface area contributed by atoms with Gasteiger partial charge in [0, 0.05) is 44.7 Å². The Bertz CT molecular complexity index is 677. The van der Waals surface area contributed by atoms with Gasteiger partial charge in [-0.05, 0) is 33.1 Å². The number of nitrogens with zero attached hydrogens (tertiary/aromatic N) is 4. The van der Waals surface area contributed by atoms with Crippen LogP contribution in [0.5, 0.6) is 0 Å². The summed E-state index contributed by atoms with van der Waals surface area (Å²) in [6.07, 6.45) is 3.42. The number of aromatic nitrogens is 1. The molecule has 2 amide bonds. The number of piperidine rings is 1. The van der Waals surface area contributed by atoms with Gasteiger partial charge < -0.3 is 14.3 Å². The van der Waals surface area contributed by atoms with E-state index in [-0.39, 0.29) is 17.7 Å². The largest absolute Gasteiger partial charge is 0.360 e. The summed E-state index contributed by atoms with van der Waals surface area (Å²) < 4.78 is 5.36. The first-order valence-electron chi connectivity index (χ1n) is 10.2. The van der Waals surface area contributed by atoms with Crippen molar-refractivity contribution in [1.29, 1.82) is 0 Å². The van der Waals surface area contributed by atoms with Gasteiger partial charge in [0.2, 0.25) is 5.91 Å². The summed E-state index contributed by atoms with van der Waals surface area (Å²) in [5.41, 5.74) is 1.26. The summed E-state index contributed by atoms with van der Waals surface area (Å²) in [5, 5.41) is 3.98. The zero-order valence-electron chi connectivity index (χ0n) is 17.0. The minimum Gasteiger partial charge on any atom is -0.360 e. The number of hydrogen-bond donors (Lipinski definition) is 0. The molecular weight excluding hydrogens is 344 g/mol. The van der Waals surface area contributed by atoms with Crippen LogP contribution in [0.2, 0.25) is 0 Å². The maximum absolute atomic E-state index is 13.0. The third-order valence-electron chi connectivity index (χ3n) is 5.77. The summed E-state index contributed by atoms with van der Waals surface area (Å²) in [6, 6.07) is 0.347. The third kappa shape index (κ3) is 4.34. The van der Waals surface area contributed by atoms with Gasteiger partial charge in [0.25, 0.3) is 5.91 Å². The number of hydrogen-bond acceptors (Lipinski definition) is 5. The summed E-state index contributed by atoms with van der Waals surface area (Å²) in [5.74, 6) is 0.997. The lowest BCUT2D eigenvalue weighted by Crippen LogP contribution is -2.53. The minimum atomic E-state index is -0.00641. The molecule has 2 aliphatic heterocycles. The number of piperazine rings is 1. The molecule has 2 aliphatic rings. The first-order chi connectivity index (χ1) is 12.9. The number of amides is 2. The first kappa shape index (κ1) is 19.9. The molecule has 0 aromatic carbocycles. The predicted octanol–water partition coefficient (Wildman–Crippen LogP) is 2.27. The molecule has 1 atom stereocenters. The highest BCUT2D eigenvalue weighted by Gasteiger charge is 2.30. The Morgan fingerprint density at radius 1 is 1.15 bits per heavy atom. The monoisotopic (exact) mass is 376 g/mol. The van der Waals surface area contributed by atoms with Crippen LogP contribution in [-0.4, -0.2) is 77.0 Å². The standard InChI is InChI=1S/C20H32N4O3/c1-14(2)19-18(16(4)21-27-19)20(26)23-11-9-22(10-12-23)13-17(25)24-8-6-5-7-15(24)3/h14-15H,5-13H2,1-4H3. The van der Waals surface area contributed by atoms with E-state index < -0.39 is 0 Å². The normalized spacial score (nSPS) is 21.7. The lowest BCUT2D eigenvalue weighted by molar-refractivity contribution is -0.136. The maximum Gasteiger partial charge on any atom is 0.259 e. The average Bonchev–Trinajstić information content (AvgIpc) is 3.04. The summed E-state index contributed by atoms with van der Waals surface area (Å²) in [4.78, 5) is 31.6. The van der Waals surface area contributed by atoms with Gasteiger partial charge in [-0.3, -0.25) is 14.5 Å². The quantitative estimate of drug-likeness (QED) is 0.806. The average molecular weight is 377 g/mol. The van der Waals surface area contributed by atoms with E-state index in [0.29, 0.717) is 42.7 Å². The number of likely N-dealkylation sites (tertiary alicyclic amines) is 1. The van der Waals surface area contributed by atoms with E-state index in [0.717, 1.165) is 32.5 Å². The van der Waals surface area contributed by atoms with Gasteiger partial charge in [-0.1, -0.05) is 19.0 Å². The fourth-order valence-electron chi connectivity index (χ4n) is 4.06. The molecule has 0 radical (unpaired) electrons. The summed E-state index contributed by atoms with van der Waals surface area (Å²) >= 11 is 0. The zero-order chi connectivity index (χ0) is 19.6. The topological polar surface area (TPSA) is 69.9 Å². The van der Waals surface area contributed by atoms with Crippen LogP contribution in [0.15, 0.2) is 4.52 Å². The zero-order valence-corrected chi connectivity index (χ0v) is 17.0. The van der Waals surface area contributed by atoms with Crippen molar-refractivity contribution in [3.8, 4) is 0 Å². The number of rotatable bonds is 4. The van der Waals surface area contributed by atoms with Crippen molar-refractivity contribution in [3.05, 3.63) is 17.0 Å². The van der Waals surface area contributed by atoms with Crippen molar-refractivity contribution in [2.75, 3.05) is 39.3 Å². The highest BCUT2D eigenvalue weighted by Crippen LogP contribution is 2.24. The lowest BCUT2D eigenvalue weighted by atomic mass is 10.0. The van der Waals surface area contributed by atoms with Crippen molar-refractivity contribution in [2.45, 2.75) is 58.9 Å². The fourth-order valence-corrected chi connectivity index (χ4v) is 4.06. The smallest absolute Gasteiger partial charge is 0.259 e.